The topological polar surface area (TPSA) is 70.2 Å². The second kappa shape index (κ2) is 5.69. The molecule has 0 saturated carbocycles. The molecule has 0 aromatic heterocycles. The van der Waals surface area contributed by atoms with Crippen molar-refractivity contribution in [2.45, 2.75) is 33.2 Å². The van der Waals surface area contributed by atoms with E-state index in [0.717, 1.165) is 0 Å². The zero-order valence-corrected chi connectivity index (χ0v) is 11.4. The van der Waals surface area contributed by atoms with Crippen LogP contribution < -0.4 is 16.0 Å². The molecule has 0 aliphatic carbocycles. The van der Waals surface area contributed by atoms with E-state index in [4.69, 9.17) is 0 Å². The maximum absolute atomic E-state index is 13.5. The number of hydrogen-bond donors (Lipinski definition) is 3. The molecular formula is C13H18FN3O2. The molecule has 0 saturated heterocycles. The quantitative estimate of drug-likeness (QED) is 0.771. The van der Waals surface area contributed by atoms with E-state index in [1.54, 1.807) is 0 Å². The fraction of sp³-hybridized carbons (Fsp3) is 0.385. The number of amides is 3. The fourth-order valence-corrected chi connectivity index (χ4v) is 1.40. The van der Waals surface area contributed by atoms with E-state index in [0.29, 0.717) is 5.69 Å². The molecule has 3 N–H and O–H groups in total. The van der Waals surface area contributed by atoms with Gasteiger partial charge in [0.25, 0.3) is 0 Å². The van der Waals surface area contributed by atoms with Gasteiger partial charge in [-0.3, -0.25) is 4.79 Å². The highest BCUT2D eigenvalue weighted by Gasteiger charge is 2.15. The maximum Gasteiger partial charge on any atom is 0.319 e. The van der Waals surface area contributed by atoms with Crippen molar-refractivity contribution in [2.24, 2.45) is 0 Å². The zero-order valence-electron chi connectivity index (χ0n) is 11.4. The number of anilines is 2. The molecule has 0 atom stereocenters. The van der Waals surface area contributed by atoms with Gasteiger partial charge in [-0.05, 0) is 39.0 Å². The Balaban J connectivity index is 2.82. The summed E-state index contributed by atoms with van der Waals surface area (Å²) in [6.45, 7) is 6.80. The molecule has 0 fully saturated rings. The van der Waals surface area contributed by atoms with E-state index in [2.05, 4.69) is 16.0 Å². The molecule has 1 aromatic rings. The Bertz CT molecular complexity index is 495. The van der Waals surface area contributed by atoms with Crippen molar-refractivity contribution in [3.8, 4) is 0 Å². The first kappa shape index (κ1) is 14.9. The van der Waals surface area contributed by atoms with E-state index in [9.17, 15) is 14.0 Å². The van der Waals surface area contributed by atoms with E-state index >= 15 is 0 Å². The normalized spacial score (nSPS) is 10.8. The monoisotopic (exact) mass is 267 g/mol. The third-order valence-electron chi connectivity index (χ3n) is 2.02. The van der Waals surface area contributed by atoms with Crippen LogP contribution >= 0.6 is 0 Å². The van der Waals surface area contributed by atoms with Crippen molar-refractivity contribution in [1.82, 2.24) is 5.32 Å². The third kappa shape index (κ3) is 5.37. The fourth-order valence-electron chi connectivity index (χ4n) is 1.40. The SMILES string of the molecule is CC(=O)Nc1ccc(F)c(NC(=O)NC(C)(C)C)c1. The summed E-state index contributed by atoms with van der Waals surface area (Å²) in [6, 6.07) is 3.45. The van der Waals surface area contributed by atoms with Crippen LogP contribution in [0.15, 0.2) is 18.2 Å². The molecule has 0 aliphatic rings. The molecule has 6 heteroatoms. The van der Waals surface area contributed by atoms with Crippen molar-refractivity contribution in [3.63, 3.8) is 0 Å². The molecule has 1 aromatic carbocycles. The van der Waals surface area contributed by atoms with Gasteiger partial charge in [-0.1, -0.05) is 0 Å². The number of hydrogen-bond acceptors (Lipinski definition) is 2. The number of urea groups is 1. The van der Waals surface area contributed by atoms with Gasteiger partial charge >= 0.3 is 6.03 Å². The minimum absolute atomic E-state index is 0.00741. The van der Waals surface area contributed by atoms with Crippen LogP contribution in [0.1, 0.15) is 27.7 Å². The van der Waals surface area contributed by atoms with Gasteiger partial charge in [0, 0.05) is 18.2 Å². The van der Waals surface area contributed by atoms with Crippen molar-refractivity contribution in [1.29, 1.82) is 0 Å². The average molecular weight is 267 g/mol. The third-order valence-corrected chi connectivity index (χ3v) is 2.02. The lowest BCUT2D eigenvalue weighted by molar-refractivity contribution is -0.114. The maximum atomic E-state index is 13.5. The van der Waals surface area contributed by atoms with Gasteiger partial charge in [0.15, 0.2) is 0 Å². The standard InChI is InChI=1S/C13H18FN3O2/c1-8(18)15-9-5-6-10(14)11(7-9)16-12(19)17-13(2,3)4/h5-7H,1-4H3,(H,15,18)(H2,16,17,19). The van der Waals surface area contributed by atoms with E-state index in [1.165, 1.54) is 25.1 Å². The van der Waals surface area contributed by atoms with Gasteiger partial charge < -0.3 is 16.0 Å². The zero-order chi connectivity index (χ0) is 14.6. The van der Waals surface area contributed by atoms with Crippen molar-refractivity contribution < 1.29 is 14.0 Å². The number of carbonyl (C=O) groups excluding carboxylic acids is 2. The summed E-state index contributed by atoms with van der Waals surface area (Å²) in [5.41, 5.74) is 0.00321. The van der Waals surface area contributed by atoms with Gasteiger partial charge in [0.2, 0.25) is 5.91 Å². The summed E-state index contributed by atoms with van der Waals surface area (Å²) >= 11 is 0. The van der Waals surface area contributed by atoms with E-state index in [-0.39, 0.29) is 11.6 Å². The van der Waals surface area contributed by atoms with Gasteiger partial charge in [-0.2, -0.15) is 0 Å². The number of rotatable bonds is 2. The summed E-state index contributed by atoms with van der Waals surface area (Å²) in [5.74, 6) is -0.838. The highest BCUT2D eigenvalue weighted by Crippen LogP contribution is 2.19. The Labute approximate surface area is 111 Å². The van der Waals surface area contributed by atoms with Crippen LogP contribution in [0, 0.1) is 5.82 Å². The second-order valence-corrected chi connectivity index (χ2v) is 5.20. The Hall–Kier alpha value is -2.11. The summed E-state index contributed by atoms with van der Waals surface area (Å²) in [5, 5.41) is 7.57. The molecular weight excluding hydrogens is 249 g/mol. The Morgan fingerprint density at radius 3 is 2.32 bits per heavy atom. The molecule has 0 aliphatic heterocycles. The lowest BCUT2D eigenvalue weighted by atomic mass is 10.1. The molecule has 19 heavy (non-hydrogen) atoms. The summed E-state index contributed by atoms with van der Waals surface area (Å²) < 4.78 is 13.5. The molecule has 0 bridgehead atoms. The van der Waals surface area contributed by atoms with E-state index < -0.39 is 17.4 Å². The number of benzene rings is 1. The van der Waals surface area contributed by atoms with Crippen LogP contribution in [0.25, 0.3) is 0 Å². The average Bonchev–Trinajstić information content (AvgIpc) is 2.19. The molecule has 0 radical (unpaired) electrons. The summed E-state index contributed by atoms with van der Waals surface area (Å²) in [7, 11) is 0. The minimum atomic E-state index is -0.571. The van der Waals surface area contributed by atoms with Gasteiger partial charge in [-0.15, -0.1) is 0 Å². The highest BCUT2D eigenvalue weighted by molar-refractivity contribution is 5.92. The van der Waals surface area contributed by atoms with E-state index in [1.807, 2.05) is 20.8 Å². The lowest BCUT2D eigenvalue weighted by Gasteiger charge is -2.21. The largest absolute Gasteiger partial charge is 0.333 e. The molecule has 3 amide bonds. The highest BCUT2D eigenvalue weighted by atomic mass is 19.1. The van der Waals surface area contributed by atoms with Crippen LogP contribution in [0.3, 0.4) is 0 Å². The number of carbonyl (C=O) groups is 2. The molecule has 104 valence electrons. The smallest absolute Gasteiger partial charge is 0.319 e. The second-order valence-electron chi connectivity index (χ2n) is 5.20. The van der Waals surface area contributed by atoms with Crippen molar-refractivity contribution in [3.05, 3.63) is 24.0 Å². The first-order valence-electron chi connectivity index (χ1n) is 5.84. The number of halogens is 1. The van der Waals surface area contributed by atoms with Crippen LogP contribution in [0.4, 0.5) is 20.6 Å². The minimum Gasteiger partial charge on any atom is -0.333 e. The molecule has 0 heterocycles. The first-order chi connectivity index (χ1) is 8.67. The van der Waals surface area contributed by atoms with Crippen LogP contribution in [0.2, 0.25) is 0 Å². The predicted molar refractivity (Wildman–Crippen MR) is 72.6 cm³/mol. The molecule has 0 spiro atoms. The molecule has 5 nitrogen and oxygen atoms in total. The first-order valence-corrected chi connectivity index (χ1v) is 5.84. The molecule has 0 unspecified atom stereocenters. The lowest BCUT2D eigenvalue weighted by Crippen LogP contribution is -2.43. The predicted octanol–water partition coefficient (Wildman–Crippen LogP) is 2.70. The summed E-state index contributed by atoms with van der Waals surface area (Å²) in [4.78, 5) is 22.6. The Kier molecular flexibility index (Phi) is 4.47. The summed E-state index contributed by atoms with van der Waals surface area (Å²) in [6.07, 6.45) is 0. The Morgan fingerprint density at radius 2 is 1.79 bits per heavy atom. The molecule has 1 rings (SSSR count). The van der Waals surface area contributed by atoms with Crippen LogP contribution in [0.5, 0.6) is 0 Å². The van der Waals surface area contributed by atoms with Crippen LogP contribution in [-0.4, -0.2) is 17.5 Å². The van der Waals surface area contributed by atoms with Gasteiger partial charge in [0.05, 0.1) is 5.69 Å². The van der Waals surface area contributed by atoms with Gasteiger partial charge in [-0.25, -0.2) is 9.18 Å². The van der Waals surface area contributed by atoms with Crippen LogP contribution in [-0.2, 0) is 4.79 Å². The van der Waals surface area contributed by atoms with Crippen molar-refractivity contribution >= 4 is 23.3 Å². The van der Waals surface area contributed by atoms with Gasteiger partial charge in [0.1, 0.15) is 5.82 Å². The van der Waals surface area contributed by atoms with Crippen molar-refractivity contribution in [2.75, 3.05) is 10.6 Å². The Morgan fingerprint density at radius 1 is 1.16 bits per heavy atom. The number of nitrogens with one attached hydrogen (secondary N) is 3.